The van der Waals surface area contributed by atoms with Crippen molar-refractivity contribution >= 4 is 49.7 Å². The van der Waals surface area contributed by atoms with Gasteiger partial charge in [-0.2, -0.15) is 13.7 Å². The van der Waals surface area contributed by atoms with Gasteiger partial charge in [-0.15, -0.1) is 0 Å². The van der Waals surface area contributed by atoms with Crippen LogP contribution >= 0.6 is 0 Å². The van der Waals surface area contributed by atoms with Crippen molar-refractivity contribution in [3.05, 3.63) is 88.9 Å². The van der Waals surface area contributed by atoms with Gasteiger partial charge in [-0.1, -0.05) is 30.4 Å². The van der Waals surface area contributed by atoms with Crippen molar-refractivity contribution in [1.29, 1.82) is 5.26 Å². The third-order valence-electron chi connectivity index (χ3n) is 6.50. The number of nitrogens with one attached hydrogen (secondary N) is 2. The molecular formula is C28H25N5O2S. The number of benzene rings is 2. The first-order valence-corrected chi connectivity index (χ1v) is 12.8. The molecular weight excluding hydrogens is 470 g/mol. The van der Waals surface area contributed by atoms with Crippen LogP contribution in [0.1, 0.15) is 40.7 Å². The molecule has 36 heavy (non-hydrogen) atoms. The zero-order valence-corrected chi connectivity index (χ0v) is 20.6. The summed E-state index contributed by atoms with van der Waals surface area (Å²) in [6, 6.07) is 15.7. The molecule has 7 nitrogen and oxygen atoms in total. The lowest BCUT2D eigenvalue weighted by Crippen LogP contribution is -2.29. The number of aromatic nitrogens is 2. The van der Waals surface area contributed by atoms with Crippen LogP contribution in [0, 0.1) is 18.3 Å². The summed E-state index contributed by atoms with van der Waals surface area (Å²) in [5.74, 6) is 0. The van der Waals surface area contributed by atoms with E-state index in [-0.39, 0.29) is 0 Å². The zero-order valence-electron chi connectivity index (χ0n) is 19.8. The highest BCUT2D eigenvalue weighted by atomic mass is 32.2. The lowest BCUT2D eigenvalue weighted by molar-refractivity contribution is 0.526. The number of hydrogen-bond acceptors (Lipinski definition) is 5. The normalized spacial score (nSPS) is 13.8. The van der Waals surface area contributed by atoms with Gasteiger partial charge in [0.25, 0.3) is 0 Å². The van der Waals surface area contributed by atoms with Crippen LogP contribution in [0.3, 0.4) is 0 Å². The maximum absolute atomic E-state index is 12.0. The van der Waals surface area contributed by atoms with E-state index in [1.807, 2.05) is 72.6 Å². The van der Waals surface area contributed by atoms with Gasteiger partial charge in [0.05, 0.1) is 11.3 Å². The predicted octanol–water partition coefficient (Wildman–Crippen LogP) is 5.11. The molecule has 0 bridgehead atoms. The minimum atomic E-state index is -2.32. The molecule has 1 aliphatic rings. The number of nitrogens with zero attached hydrogens (tertiary/aromatic N) is 3. The molecule has 0 atom stereocenters. The van der Waals surface area contributed by atoms with Crippen LogP contribution in [-0.4, -0.2) is 41.4 Å². The third-order valence-corrected chi connectivity index (χ3v) is 7.31. The maximum atomic E-state index is 12.0. The summed E-state index contributed by atoms with van der Waals surface area (Å²) in [6.07, 6.45) is 11.0. The Morgan fingerprint density at radius 1 is 1.14 bits per heavy atom. The molecule has 180 valence electrons. The molecule has 1 fully saturated rings. The molecule has 1 saturated heterocycles. The van der Waals surface area contributed by atoms with Gasteiger partial charge in [-0.25, -0.2) is 0 Å². The molecule has 2 N–H and O–H groups in total. The Labute approximate surface area is 211 Å². The van der Waals surface area contributed by atoms with Gasteiger partial charge in [-0.3, -0.25) is 9.88 Å². The van der Waals surface area contributed by atoms with E-state index in [1.165, 1.54) is 0 Å². The number of hydrogen-bond donors (Lipinski definition) is 2. The zero-order chi connectivity index (χ0) is 25.1. The minimum Gasteiger partial charge on any atom is -0.361 e. The Hall–Kier alpha value is -4.19. The van der Waals surface area contributed by atoms with E-state index in [4.69, 9.17) is 0 Å². The molecule has 0 spiro atoms. The van der Waals surface area contributed by atoms with Crippen LogP contribution in [0.5, 0.6) is 0 Å². The summed E-state index contributed by atoms with van der Waals surface area (Å²) in [5.41, 5.74) is 6.42. The lowest BCUT2D eigenvalue weighted by Gasteiger charge is -2.15. The van der Waals surface area contributed by atoms with Crippen LogP contribution in [-0.2, 0) is 10.3 Å². The van der Waals surface area contributed by atoms with Crippen LogP contribution < -0.4 is 5.32 Å². The van der Waals surface area contributed by atoms with Crippen molar-refractivity contribution in [3.63, 3.8) is 0 Å². The van der Waals surface area contributed by atoms with Crippen LogP contribution in [0.4, 0.5) is 11.4 Å². The first-order chi connectivity index (χ1) is 17.5. The van der Waals surface area contributed by atoms with E-state index >= 15 is 0 Å². The number of fused-ring (bicyclic) bond motifs is 1. The molecule has 8 heteroatoms. The van der Waals surface area contributed by atoms with Crippen molar-refractivity contribution in [2.24, 2.45) is 0 Å². The number of H-pyrrole nitrogens is 1. The van der Waals surface area contributed by atoms with Crippen molar-refractivity contribution in [2.45, 2.75) is 19.8 Å². The van der Waals surface area contributed by atoms with E-state index in [0.717, 1.165) is 59.2 Å². The maximum Gasteiger partial charge on any atom is 0.233 e. The summed E-state index contributed by atoms with van der Waals surface area (Å²) in [5, 5.41) is 14.3. The summed E-state index contributed by atoms with van der Waals surface area (Å²) in [4.78, 5) is 9.73. The first kappa shape index (κ1) is 23.5. The standard InChI is InChI=1S/C28H25N5O2S/c1-19-24-11-12-31-26(24)10-9-25(19)32-27-22(17-30-18-23(27)16-29)8-7-20-5-4-6-21(15-20)28(36(34)35)33-13-2-3-14-33/h4-12,15,17-18,31H,2-3,13-14H2,1H3,(H,30,32). The second-order valence-electron chi connectivity index (χ2n) is 8.76. The summed E-state index contributed by atoms with van der Waals surface area (Å²) >= 11 is 0. The van der Waals surface area contributed by atoms with E-state index in [2.05, 4.69) is 21.4 Å². The highest BCUT2D eigenvalue weighted by molar-refractivity contribution is 7.73. The topological polar surface area (TPSA) is 102 Å². The van der Waals surface area contributed by atoms with Gasteiger partial charge in [-0.05, 0) is 55.2 Å². The Kier molecular flexibility index (Phi) is 6.67. The van der Waals surface area contributed by atoms with Crippen molar-refractivity contribution in [1.82, 2.24) is 14.9 Å². The number of aromatic amines is 1. The molecule has 0 unspecified atom stereocenters. The fourth-order valence-electron chi connectivity index (χ4n) is 4.65. The minimum absolute atomic E-state index is 0.342. The van der Waals surface area contributed by atoms with Gasteiger partial charge < -0.3 is 10.3 Å². The Morgan fingerprint density at radius 2 is 1.97 bits per heavy atom. The molecule has 1 aliphatic heterocycles. The number of rotatable bonds is 5. The molecule has 0 amide bonds. The van der Waals surface area contributed by atoms with Crippen molar-refractivity contribution < 1.29 is 8.42 Å². The van der Waals surface area contributed by atoms with Crippen LogP contribution in [0.2, 0.25) is 0 Å². The molecule has 0 saturated carbocycles. The second-order valence-corrected chi connectivity index (χ2v) is 9.61. The average Bonchev–Trinajstić information content (AvgIpc) is 3.58. The summed E-state index contributed by atoms with van der Waals surface area (Å²) in [6.45, 7) is 3.54. The Morgan fingerprint density at radius 3 is 2.75 bits per heavy atom. The summed E-state index contributed by atoms with van der Waals surface area (Å²) in [7, 11) is -2.32. The van der Waals surface area contributed by atoms with Gasteiger partial charge >= 0.3 is 0 Å². The lowest BCUT2D eigenvalue weighted by atomic mass is 10.1. The largest absolute Gasteiger partial charge is 0.361 e. The van der Waals surface area contributed by atoms with Gasteiger partial charge in [0.2, 0.25) is 10.3 Å². The van der Waals surface area contributed by atoms with E-state index in [0.29, 0.717) is 21.8 Å². The predicted molar refractivity (Wildman–Crippen MR) is 144 cm³/mol. The highest BCUT2D eigenvalue weighted by Gasteiger charge is 2.20. The Bertz CT molecular complexity index is 1650. The molecule has 2 aromatic heterocycles. The quantitative estimate of drug-likeness (QED) is 0.373. The SMILES string of the molecule is Cc1c(Nc2c(C#N)cncc2C=Cc2cccc(C(N3CCCC3)=S(=O)=O)c2)ccc2[nH]ccc12. The fraction of sp³-hybridized carbons (Fsp3) is 0.179. The summed E-state index contributed by atoms with van der Waals surface area (Å²) < 4.78 is 24.0. The second kappa shape index (κ2) is 10.2. The van der Waals surface area contributed by atoms with Crippen LogP contribution in [0.25, 0.3) is 23.1 Å². The smallest absolute Gasteiger partial charge is 0.233 e. The molecule has 4 aromatic rings. The third kappa shape index (κ3) is 4.67. The van der Waals surface area contributed by atoms with E-state index in [9.17, 15) is 13.7 Å². The highest BCUT2D eigenvalue weighted by Crippen LogP contribution is 2.31. The number of aryl methyl sites for hydroxylation is 1. The first-order valence-electron chi connectivity index (χ1n) is 11.8. The molecule has 0 aliphatic carbocycles. The van der Waals surface area contributed by atoms with Gasteiger partial charge in [0, 0.05) is 59.4 Å². The van der Waals surface area contributed by atoms with Crippen molar-refractivity contribution in [3.8, 4) is 6.07 Å². The van der Waals surface area contributed by atoms with Gasteiger partial charge in [0.15, 0.2) is 0 Å². The van der Waals surface area contributed by atoms with Gasteiger partial charge in [0.1, 0.15) is 11.1 Å². The van der Waals surface area contributed by atoms with E-state index in [1.54, 1.807) is 12.4 Å². The average molecular weight is 496 g/mol. The number of pyridine rings is 1. The molecule has 2 aromatic carbocycles. The molecule has 5 rings (SSSR count). The Balaban J connectivity index is 1.49. The van der Waals surface area contributed by atoms with Crippen molar-refractivity contribution in [2.75, 3.05) is 18.4 Å². The monoisotopic (exact) mass is 495 g/mol. The number of nitriles is 1. The van der Waals surface area contributed by atoms with Crippen LogP contribution in [0.15, 0.2) is 61.1 Å². The number of anilines is 2. The molecule has 3 heterocycles. The molecule has 0 radical (unpaired) electrons. The number of likely N-dealkylation sites (tertiary alicyclic amines) is 1. The fourth-order valence-corrected chi connectivity index (χ4v) is 5.36. The van der Waals surface area contributed by atoms with E-state index < -0.39 is 10.3 Å².